The molecule has 19 heavy (non-hydrogen) atoms. The molecule has 2 aromatic rings. The van der Waals surface area contributed by atoms with Crippen LogP contribution in [0.1, 0.15) is 31.7 Å². The normalized spacial score (nSPS) is 27.8. The topological polar surface area (TPSA) is 47.1 Å². The first-order chi connectivity index (χ1) is 9.34. The van der Waals surface area contributed by atoms with Crippen molar-refractivity contribution in [3.8, 4) is 0 Å². The Bertz CT molecular complexity index is 603. The average Bonchev–Trinajstić information content (AvgIpc) is 2.98. The van der Waals surface area contributed by atoms with E-state index in [1.54, 1.807) is 0 Å². The number of para-hydroxylation sites is 2. The van der Waals surface area contributed by atoms with Gasteiger partial charge in [-0.15, -0.1) is 0 Å². The predicted molar refractivity (Wildman–Crippen MR) is 77.0 cm³/mol. The van der Waals surface area contributed by atoms with Crippen molar-refractivity contribution in [2.24, 2.45) is 0 Å². The fraction of sp³-hybridized carbons (Fsp3) is 0.533. The third-order valence-electron chi connectivity index (χ3n) is 4.78. The van der Waals surface area contributed by atoms with E-state index in [9.17, 15) is 0 Å². The highest BCUT2D eigenvalue weighted by atomic mass is 15.3. The van der Waals surface area contributed by atoms with Gasteiger partial charge in [0.25, 0.3) is 0 Å². The zero-order valence-electron chi connectivity index (χ0n) is 11.1. The van der Waals surface area contributed by atoms with E-state index >= 15 is 0 Å². The first kappa shape index (κ1) is 11.3. The van der Waals surface area contributed by atoms with Crippen molar-refractivity contribution >= 4 is 17.0 Å². The molecule has 0 bridgehead atoms. The monoisotopic (exact) mass is 256 g/mol. The number of nitrogens with two attached hydrogens (primary N) is 1. The lowest BCUT2D eigenvalue weighted by molar-refractivity contribution is 0.175. The molecule has 0 amide bonds. The van der Waals surface area contributed by atoms with Crippen LogP contribution in [0, 0.1) is 0 Å². The van der Waals surface area contributed by atoms with Gasteiger partial charge in [-0.2, -0.15) is 0 Å². The van der Waals surface area contributed by atoms with Crippen molar-refractivity contribution < 1.29 is 0 Å². The molecule has 0 spiro atoms. The predicted octanol–water partition coefficient (Wildman–Crippen LogP) is 2.42. The number of hydrogen-bond acceptors (Lipinski definition) is 3. The van der Waals surface area contributed by atoms with E-state index in [2.05, 4.69) is 32.7 Å². The molecule has 0 radical (unpaired) electrons. The van der Waals surface area contributed by atoms with E-state index in [1.807, 2.05) is 6.07 Å². The molecular formula is C15H20N4. The number of imidazole rings is 1. The van der Waals surface area contributed by atoms with Gasteiger partial charge in [0.2, 0.25) is 5.95 Å². The maximum Gasteiger partial charge on any atom is 0.201 e. The summed E-state index contributed by atoms with van der Waals surface area (Å²) in [6.45, 7) is 2.47. The van der Waals surface area contributed by atoms with Gasteiger partial charge in [-0.05, 0) is 37.9 Å². The molecule has 2 aliphatic heterocycles. The van der Waals surface area contributed by atoms with Crippen molar-refractivity contribution in [2.75, 3.05) is 18.8 Å². The third-order valence-corrected chi connectivity index (χ3v) is 4.78. The minimum absolute atomic E-state index is 0.507. The van der Waals surface area contributed by atoms with Crippen LogP contribution in [-0.2, 0) is 0 Å². The molecule has 3 heterocycles. The quantitative estimate of drug-likeness (QED) is 0.852. The summed E-state index contributed by atoms with van der Waals surface area (Å²) in [6, 6.07) is 9.47. The summed E-state index contributed by atoms with van der Waals surface area (Å²) in [5, 5.41) is 0. The Balaban J connectivity index is 1.80. The fourth-order valence-electron chi connectivity index (χ4n) is 3.93. The molecule has 2 N–H and O–H groups in total. The maximum absolute atomic E-state index is 6.19. The van der Waals surface area contributed by atoms with E-state index in [-0.39, 0.29) is 0 Å². The molecule has 4 rings (SSSR count). The van der Waals surface area contributed by atoms with E-state index in [0.717, 1.165) is 5.52 Å². The lowest BCUT2D eigenvalue weighted by atomic mass is 9.99. The van der Waals surface area contributed by atoms with Crippen LogP contribution in [0.5, 0.6) is 0 Å². The Morgan fingerprint density at radius 1 is 1.05 bits per heavy atom. The Morgan fingerprint density at radius 3 is 2.89 bits per heavy atom. The molecule has 100 valence electrons. The van der Waals surface area contributed by atoms with Crippen molar-refractivity contribution in [3.05, 3.63) is 24.3 Å². The Kier molecular flexibility index (Phi) is 2.52. The lowest BCUT2D eigenvalue weighted by Crippen LogP contribution is -2.37. The molecule has 2 fully saturated rings. The summed E-state index contributed by atoms with van der Waals surface area (Å²) >= 11 is 0. The second kappa shape index (κ2) is 4.23. The highest BCUT2D eigenvalue weighted by Gasteiger charge is 2.37. The van der Waals surface area contributed by atoms with Crippen LogP contribution in [0.2, 0.25) is 0 Å². The number of aromatic nitrogens is 2. The molecule has 1 aromatic carbocycles. The van der Waals surface area contributed by atoms with Crippen molar-refractivity contribution in [1.82, 2.24) is 14.5 Å². The zero-order valence-corrected chi connectivity index (χ0v) is 11.1. The van der Waals surface area contributed by atoms with Crippen LogP contribution in [0.3, 0.4) is 0 Å². The first-order valence-electron chi connectivity index (χ1n) is 7.31. The molecule has 1 aromatic heterocycles. The SMILES string of the molecule is Nc1nc2ccccc2n1C1CCN2CCCCC12. The second-order valence-corrected chi connectivity index (χ2v) is 5.78. The molecule has 2 atom stereocenters. The maximum atomic E-state index is 6.19. The molecule has 0 saturated carbocycles. The zero-order chi connectivity index (χ0) is 12.8. The van der Waals surface area contributed by atoms with Crippen LogP contribution in [0.4, 0.5) is 5.95 Å². The Labute approximate surface area is 113 Å². The van der Waals surface area contributed by atoms with Crippen molar-refractivity contribution in [3.63, 3.8) is 0 Å². The largest absolute Gasteiger partial charge is 0.369 e. The van der Waals surface area contributed by atoms with Crippen molar-refractivity contribution in [1.29, 1.82) is 0 Å². The smallest absolute Gasteiger partial charge is 0.201 e. The standard InChI is InChI=1S/C15H20N4/c16-15-17-11-5-1-2-6-12(11)19(15)14-8-10-18-9-4-3-7-13(14)18/h1-2,5-6,13-14H,3-4,7-10H2,(H2,16,17). The minimum Gasteiger partial charge on any atom is -0.369 e. The van der Waals surface area contributed by atoms with Gasteiger partial charge in [0.15, 0.2) is 0 Å². The van der Waals surface area contributed by atoms with Crippen molar-refractivity contribution in [2.45, 2.75) is 37.8 Å². The van der Waals surface area contributed by atoms with Crippen LogP contribution in [-0.4, -0.2) is 33.6 Å². The Morgan fingerprint density at radius 2 is 1.95 bits per heavy atom. The first-order valence-corrected chi connectivity index (χ1v) is 7.31. The van der Waals surface area contributed by atoms with Crippen LogP contribution >= 0.6 is 0 Å². The van der Waals surface area contributed by atoms with Gasteiger partial charge in [-0.3, -0.25) is 4.90 Å². The summed E-state index contributed by atoms with van der Waals surface area (Å²) in [6.07, 6.45) is 5.21. The van der Waals surface area contributed by atoms with E-state index in [1.165, 1.54) is 44.3 Å². The fourth-order valence-corrected chi connectivity index (χ4v) is 3.93. The van der Waals surface area contributed by atoms with Gasteiger partial charge in [-0.1, -0.05) is 18.6 Å². The Hall–Kier alpha value is -1.55. The highest BCUT2D eigenvalue weighted by molar-refractivity contribution is 5.78. The summed E-state index contributed by atoms with van der Waals surface area (Å²) in [5.41, 5.74) is 8.40. The number of piperidine rings is 1. The minimum atomic E-state index is 0.507. The highest BCUT2D eigenvalue weighted by Crippen LogP contribution is 2.38. The molecule has 0 aliphatic carbocycles. The van der Waals surface area contributed by atoms with Crippen LogP contribution in [0.25, 0.3) is 11.0 Å². The van der Waals surface area contributed by atoms with Crippen LogP contribution < -0.4 is 5.73 Å². The summed E-state index contributed by atoms with van der Waals surface area (Å²) in [4.78, 5) is 7.16. The van der Waals surface area contributed by atoms with Gasteiger partial charge in [-0.25, -0.2) is 4.98 Å². The molecule has 2 unspecified atom stereocenters. The molecule has 4 heteroatoms. The van der Waals surface area contributed by atoms with E-state index in [4.69, 9.17) is 5.73 Å². The summed E-state index contributed by atoms with van der Waals surface area (Å²) in [7, 11) is 0. The molecule has 2 saturated heterocycles. The number of benzene rings is 1. The van der Waals surface area contributed by atoms with Gasteiger partial charge in [0.05, 0.1) is 17.1 Å². The van der Waals surface area contributed by atoms with Gasteiger partial charge < -0.3 is 10.3 Å². The van der Waals surface area contributed by atoms with Crippen LogP contribution in [0.15, 0.2) is 24.3 Å². The van der Waals surface area contributed by atoms with E-state index in [0.29, 0.717) is 18.0 Å². The summed E-state index contributed by atoms with van der Waals surface area (Å²) < 4.78 is 2.28. The average molecular weight is 256 g/mol. The van der Waals surface area contributed by atoms with Gasteiger partial charge in [0.1, 0.15) is 0 Å². The van der Waals surface area contributed by atoms with Gasteiger partial charge >= 0.3 is 0 Å². The summed E-state index contributed by atoms with van der Waals surface area (Å²) in [5.74, 6) is 0.679. The van der Waals surface area contributed by atoms with E-state index < -0.39 is 0 Å². The van der Waals surface area contributed by atoms with Gasteiger partial charge in [0, 0.05) is 12.6 Å². The number of nitrogens with zero attached hydrogens (tertiary/aromatic N) is 3. The lowest BCUT2D eigenvalue weighted by Gasteiger charge is -2.33. The third kappa shape index (κ3) is 1.66. The molecular weight excluding hydrogens is 236 g/mol. The number of nitrogen functional groups attached to an aromatic ring is 1. The number of fused-ring (bicyclic) bond motifs is 2. The second-order valence-electron chi connectivity index (χ2n) is 5.78. The number of hydrogen-bond donors (Lipinski definition) is 1. The molecule has 2 aliphatic rings. The molecule has 4 nitrogen and oxygen atoms in total. The number of rotatable bonds is 1. The number of anilines is 1.